The Bertz CT molecular complexity index is 113. The molecule has 3 heteroatoms. The highest BCUT2D eigenvalue weighted by molar-refractivity contribution is 5.85. The predicted molar refractivity (Wildman–Crippen MR) is 58.3 cm³/mol. The minimum Gasteiger partial charge on any atom is -0.396 e. The molecule has 0 bridgehead atoms. The molecule has 1 saturated carbocycles. The molecule has 0 aromatic heterocycles. The van der Waals surface area contributed by atoms with Gasteiger partial charge in [0.05, 0.1) is 0 Å². The van der Waals surface area contributed by atoms with Crippen molar-refractivity contribution in [1.82, 2.24) is 5.32 Å². The number of nitrogens with one attached hydrogen (secondary N) is 1. The summed E-state index contributed by atoms with van der Waals surface area (Å²) in [4.78, 5) is 0. The Morgan fingerprint density at radius 1 is 1.15 bits per heavy atom. The quantitative estimate of drug-likeness (QED) is 0.737. The summed E-state index contributed by atoms with van der Waals surface area (Å²) < 4.78 is 0. The summed E-state index contributed by atoms with van der Waals surface area (Å²) in [6, 6.07) is 0. The molecule has 1 fully saturated rings. The van der Waals surface area contributed by atoms with Crippen LogP contribution in [0.5, 0.6) is 0 Å². The third kappa shape index (κ3) is 4.84. The maximum atomic E-state index is 8.94. The van der Waals surface area contributed by atoms with Gasteiger partial charge in [-0.3, -0.25) is 0 Å². The molecular weight excluding hydrogens is 186 g/mol. The van der Waals surface area contributed by atoms with Gasteiger partial charge in [-0.15, -0.1) is 12.4 Å². The standard InChI is InChI=1S/C10H21NO.ClH/c1-11-7-6-9-2-4-10(8-12)5-3-9;/h9-12H,2-8H2,1H3;1H. The van der Waals surface area contributed by atoms with Gasteiger partial charge in [0.25, 0.3) is 0 Å². The first-order valence-electron chi connectivity index (χ1n) is 5.12. The van der Waals surface area contributed by atoms with Gasteiger partial charge in [-0.25, -0.2) is 0 Å². The molecule has 0 amide bonds. The van der Waals surface area contributed by atoms with Crippen LogP contribution in [0.2, 0.25) is 0 Å². The summed E-state index contributed by atoms with van der Waals surface area (Å²) >= 11 is 0. The van der Waals surface area contributed by atoms with Gasteiger partial charge in [0.15, 0.2) is 0 Å². The number of aliphatic hydroxyl groups excluding tert-OH is 1. The highest BCUT2D eigenvalue weighted by Crippen LogP contribution is 2.29. The largest absolute Gasteiger partial charge is 0.396 e. The minimum absolute atomic E-state index is 0. The third-order valence-corrected chi connectivity index (χ3v) is 3.03. The lowest BCUT2D eigenvalue weighted by Crippen LogP contribution is -2.20. The van der Waals surface area contributed by atoms with Gasteiger partial charge in [-0.2, -0.15) is 0 Å². The van der Waals surface area contributed by atoms with E-state index in [9.17, 15) is 0 Å². The van der Waals surface area contributed by atoms with Gasteiger partial charge in [0, 0.05) is 6.61 Å². The highest BCUT2D eigenvalue weighted by atomic mass is 35.5. The third-order valence-electron chi connectivity index (χ3n) is 3.03. The molecule has 0 aromatic carbocycles. The van der Waals surface area contributed by atoms with Crippen LogP contribution in [0.25, 0.3) is 0 Å². The molecule has 0 aromatic rings. The molecule has 2 N–H and O–H groups in total. The molecular formula is C10H22ClNO. The molecule has 1 aliphatic carbocycles. The molecule has 0 aliphatic heterocycles. The minimum atomic E-state index is 0. The Kier molecular flexibility index (Phi) is 7.72. The first kappa shape index (κ1) is 13.2. The second kappa shape index (κ2) is 7.60. The number of hydrogen-bond donors (Lipinski definition) is 2. The van der Waals surface area contributed by atoms with Gasteiger partial charge in [-0.05, 0) is 44.7 Å². The van der Waals surface area contributed by atoms with Crippen LogP contribution in [-0.4, -0.2) is 25.3 Å². The van der Waals surface area contributed by atoms with Crippen molar-refractivity contribution >= 4 is 12.4 Å². The van der Waals surface area contributed by atoms with Crippen molar-refractivity contribution < 1.29 is 5.11 Å². The maximum Gasteiger partial charge on any atom is 0.0459 e. The van der Waals surface area contributed by atoms with E-state index in [1.165, 1.54) is 32.1 Å². The Labute approximate surface area is 87.5 Å². The average Bonchev–Trinajstić information content (AvgIpc) is 2.15. The van der Waals surface area contributed by atoms with Crippen LogP contribution < -0.4 is 5.32 Å². The summed E-state index contributed by atoms with van der Waals surface area (Å²) in [5.41, 5.74) is 0. The zero-order valence-corrected chi connectivity index (χ0v) is 9.28. The van der Waals surface area contributed by atoms with Gasteiger partial charge in [0.2, 0.25) is 0 Å². The number of halogens is 1. The lowest BCUT2D eigenvalue weighted by molar-refractivity contribution is 0.164. The molecule has 1 rings (SSSR count). The lowest BCUT2D eigenvalue weighted by Gasteiger charge is -2.27. The molecule has 0 radical (unpaired) electrons. The maximum absolute atomic E-state index is 8.94. The SMILES string of the molecule is CNCCC1CCC(CO)CC1.Cl. The van der Waals surface area contributed by atoms with Gasteiger partial charge in [0.1, 0.15) is 0 Å². The first-order valence-corrected chi connectivity index (χ1v) is 5.12. The molecule has 0 spiro atoms. The Morgan fingerprint density at radius 2 is 1.69 bits per heavy atom. The van der Waals surface area contributed by atoms with Crippen LogP contribution in [0.1, 0.15) is 32.1 Å². The Balaban J connectivity index is 0.00000144. The summed E-state index contributed by atoms with van der Waals surface area (Å²) in [7, 11) is 2.01. The molecule has 80 valence electrons. The van der Waals surface area contributed by atoms with Crippen molar-refractivity contribution in [2.45, 2.75) is 32.1 Å². The van der Waals surface area contributed by atoms with E-state index in [2.05, 4.69) is 5.32 Å². The van der Waals surface area contributed by atoms with Crippen LogP contribution in [0.4, 0.5) is 0 Å². The van der Waals surface area contributed by atoms with Crippen molar-refractivity contribution in [2.24, 2.45) is 11.8 Å². The fourth-order valence-corrected chi connectivity index (χ4v) is 2.05. The van der Waals surface area contributed by atoms with Crippen LogP contribution in [0.15, 0.2) is 0 Å². The average molecular weight is 208 g/mol. The second-order valence-electron chi connectivity index (χ2n) is 3.96. The van der Waals surface area contributed by atoms with E-state index in [1.807, 2.05) is 7.05 Å². The monoisotopic (exact) mass is 207 g/mol. The summed E-state index contributed by atoms with van der Waals surface area (Å²) in [5.74, 6) is 1.52. The van der Waals surface area contributed by atoms with E-state index in [-0.39, 0.29) is 12.4 Å². The molecule has 2 nitrogen and oxygen atoms in total. The summed E-state index contributed by atoms with van der Waals surface area (Å²) in [5, 5.41) is 12.1. The predicted octanol–water partition coefficient (Wildman–Crippen LogP) is 1.82. The lowest BCUT2D eigenvalue weighted by atomic mass is 9.81. The summed E-state index contributed by atoms with van der Waals surface area (Å²) in [6.07, 6.45) is 6.45. The number of rotatable bonds is 4. The zero-order chi connectivity index (χ0) is 8.81. The molecule has 0 heterocycles. The van der Waals surface area contributed by atoms with Gasteiger partial charge < -0.3 is 10.4 Å². The van der Waals surface area contributed by atoms with Crippen LogP contribution >= 0.6 is 12.4 Å². The molecule has 13 heavy (non-hydrogen) atoms. The smallest absolute Gasteiger partial charge is 0.0459 e. The molecule has 1 aliphatic rings. The van der Waals surface area contributed by atoms with E-state index in [1.54, 1.807) is 0 Å². The Morgan fingerprint density at radius 3 is 2.15 bits per heavy atom. The van der Waals surface area contributed by atoms with Crippen molar-refractivity contribution in [2.75, 3.05) is 20.2 Å². The van der Waals surface area contributed by atoms with Crippen molar-refractivity contribution in [3.05, 3.63) is 0 Å². The summed E-state index contributed by atoms with van der Waals surface area (Å²) in [6.45, 7) is 1.55. The van der Waals surface area contributed by atoms with Crippen molar-refractivity contribution in [3.8, 4) is 0 Å². The second-order valence-corrected chi connectivity index (χ2v) is 3.96. The fraction of sp³-hybridized carbons (Fsp3) is 1.00. The van der Waals surface area contributed by atoms with Crippen molar-refractivity contribution in [3.63, 3.8) is 0 Å². The van der Waals surface area contributed by atoms with E-state index >= 15 is 0 Å². The van der Waals surface area contributed by atoms with Gasteiger partial charge >= 0.3 is 0 Å². The van der Waals surface area contributed by atoms with Crippen LogP contribution in [-0.2, 0) is 0 Å². The van der Waals surface area contributed by atoms with Crippen molar-refractivity contribution in [1.29, 1.82) is 0 Å². The van der Waals surface area contributed by atoms with E-state index in [0.29, 0.717) is 12.5 Å². The first-order chi connectivity index (χ1) is 5.86. The molecule has 0 unspecified atom stereocenters. The highest BCUT2D eigenvalue weighted by Gasteiger charge is 2.19. The normalized spacial score (nSPS) is 28.2. The van der Waals surface area contributed by atoms with E-state index in [0.717, 1.165) is 12.5 Å². The van der Waals surface area contributed by atoms with Crippen LogP contribution in [0, 0.1) is 11.8 Å². The van der Waals surface area contributed by atoms with Crippen LogP contribution in [0.3, 0.4) is 0 Å². The number of aliphatic hydroxyl groups is 1. The molecule has 0 atom stereocenters. The Hall–Kier alpha value is 0.210. The van der Waals surface area contributed by atoms with Gasteiger partial charge in [-0.1, -0.05) is 12.8 Å². The fourth-order valence-electron chi connectivity index (χ4n) is 2.05. The van der Waals surface area contributed by atoms with E-state index < -0.39 is 0 Å². The topological polar surface area (TPSA) is 32.3 Å². The number of hydrogen-bond acceptors (Lipinski definition) is 2. The molecule has 0 saturated heterocycles. The zero-order valence-electron chi connectivity index (χ0n) is 8.46. The van der Waals surface area contributed by atoms with E-state index in [4.69, 9.17) is 5.11 Å².